The van der Waals surface area contributed by atoms with E-state index in [1.165, 1.54) is 10.9 Å². The molecule has 2 aliphatic heterocycles. The quantitative estimate of drug-likeness (QED) is 0.910. The Balaban J connectivity index is 1.34. The maximum absolute atomic E-state index is 12.3. The smallest absolute Gasteiger partial charge is 0.329 e. The van der Waals surface area contributed by atoms with Gasteiger partial charge in [-0.15, -0.1) is 0 Å². The van der Waals surface area contributed by atoms with Crippen LogP contribution in [0.2, 0.25) is 0 Å². The Morgan fingerprint density at radius 3 is 2.84 bits per heavy atom. The van der Waals surface area contributed by atoms with Crippen molar-refractivity contribution in [2.45, 2.75) is 31.8 Å². The van der Waals surface area contributed by atoms with E-state index < -0.39 is 0 Å². The number of carbonyl (C=O) groups is 2. The van der Waals surface area contributed by atoms with Gasteiger partial charge in [-0.3, -0.25) is 9.36 Å². The topological polar surface area (TPSA) is 76.5 Å². The normalized spacial score (nSPS) is 17.8. The third-order valence-electron chi connectivity index (χ3n) is 4.71. The van der Waals surface area contributed by atoms with Crippen molar-refractivity contribution in [3.8, 4) is 5.75 Å². The molecule has 1 N–H and O–H groups in total. The van der Waals surface area contributed by atoms with Crippen LogP contribution >= 0.6 is 0 Å². The number of nitrogens with one attached hydrogen (secondary N) is 1. The number of likely N-dealkylation sites (tertiary alicyclic amines) is 1. The highest BCUT2D eigenvalue weighted by atomic mass is 16.5. The minimum absolute atomic E-state index is 0.0412. The number of piperidine rings is 1. The Morgan fingerprint density at radius 1 is 1.24 bits per heavy atom. The zero-order chi connectivity index (χ0) is 17.2. The number of benzene rings is 1. The van der Waals surface area contributed by atoms with E-state index in [0.29, 0.717) is 19.5 Å². The van der Waals surface area contributed by atoms with Crippen molar-refractivity contribution in [1.29, 1.82) is 0 Å². The van der Waals surface area contributed by atoms with Gasteiger partial charge in [-0.25, -0.2) is 9.78 Å². The standard InChI is InChI=1S/C18H20N4O3/c23-17-4-1-13-11-15(2-3-16(13)20-17)25-14-5-8-21(9-6-14)18(24)22-10-7-19-12-22/h2-3,7,10-12,14H,1,4-6,8-9H2,(H,20,23). The molecular weight excluding hydrogens is 320 g/mol. The fourth-order valence-corrected chi connectivity index (χ4v) is 3.33. The van der Waals surface area contributed by atoms with Crippen LogP contribution < -0.4 is 10.1 Å². The lowest BCUT2D eigenvalue weighted by molar-refractivity contribution is -0.116. The number of ether oxygens (including phenoxy) is 1. The fraction of sp³-hybridized carbons (Fsp3) is 0.389. The molecule has 0 unspecified atom stereocenters. The first kappa shape index (κ1) is 15.7. The molecule has 1 aromatic carbocycles. The Labute approximate surface area is 145 Å². The van der Waals surface area contributed by atoms with Crippen LogP contribution in [0.4, 0.5) is 10.5 Å². The average Bonchev–Trinajstić information content (AvgIpc) is 3.17. The molecule has 2 aliphatic rings. The fourth-order valence-electron chi connectivity index (χ4n) is 3.33. The van der Waals surface area contributed by atoms with E-state index in [1.54, 1.807) is 12.4 Å². The second-order valence-corrected chi connectivity index (χ2v) is 6.42. The molecule has 4 rings (SSSR count). The molecular formula is C18H20N4O3. The van der Waals surface area contributed by atoms with E-state index in [1.807, 2.05) is 23.1 Å². The highest BCUT2D eigenvalue weighted by molar-refractivity contribution is 5.94. The highest BCUT2D eigenvalue weighted by Crippen LogP contribution is 2.28. The third kappa shape index (κ3) is 3.35. The summed E-state index contributed by atoms with van der Waals surface area (Å²) in [6.07, 6.45) is 7.76. The summed E-state index contributed by atoms with van der Waals surface area (Å²) in [6.45, 7) is 1.34. The van der Waals surface area contributed by atoms with Gasteiger partial charge in [0, 0.05) is 50.4 Å². The number of imidazole rings is 1. The van der Waals surface area contributed by atoms with Crippen LogP contribution in [0.25, 0.3) is 0 Å². The Hall–Kier alpha value is -2.83. The number of carbonyl (C=O) groups excluding carboxylic acids is 2. The van der Waals surface area contributed by atoms with E-state index in [4.69, 9.17) is 4.74 Å². The summed E-state index contributed by atoms with van der Waals surface area (Å²) in [6, 6.07) is 5.77. The molecule has 1 aromatic heterocycles. The molecule has 2 aromatic rings. The molecule has 0 saturated carbocycles. The number of rotatable bonds is 2. The van der Waals surface area contributed by atoms with Gasteiger partial charge in [0.05, 0.1) is 0 Å². The van der Waals surface area contributed by atoms with Crippen LogP contribution in [0.3, 0.4) is 0 Å². The van der Waals surface area contributed by atoms with Crippen molar-refractivity contribution >= 4 is 17.6 Å². The predicted molar refractivity (Wildman–Crippen MR) is 91.6 cm³/mol. The van der Waals surface area contributed by atoms with Crippen molar-refractivity contribution in [1.82, 2.24) is 14.5 Å². The van der Waals surface area contributed by atoms with Gasteiger partial charge in [-0.1, -0.05) is 0 Å². The van der Waals surface area contributed by atoms with E-state index in [2.05, 4.69) is 10.3 Å². The molecule has 0 atom stereocenters. The number of anilines is 1. The van der Waals surface area contributed by atoms with Crippen LogP contribution in [0.5, 0.6) is 5.75 Å². The lowest BCUT2D eigenvalue weighted by Gasteiger charge is -2.32. The average molecular weight is 340 g/mol. The first-order valence-corrected chi connectivity index (χ1v) is 8.56. The molecule has 0 aliphatic carbocycles. The van der Waals surface area contributed by atoms with Crippen LogP contribution in [-0.2, 0) is 11.2 Å². The number of fused-ring (bicyclic) bond motifs is 1. The van der Waals surface area contributed by atoms with Crippen molar-refractivity contribution in [3.63, 3.8) is 0 Å². The molecule has 1 fully saturated rings. The molecule has 3 heterocycles. The minimum Gasteiger partial charge on any atom is -0.490 e. The van der Waals surface area contributed by atoms with Gasteiger partial charge in [0.2, 0.25) is 5.91 Å². The number of aromatic nitrogens is 2. The predicted octanol–water partition coefficient (Wildman–Crippen LogP) is 2.28. The molecule has 25 heavy (non-hydrogen) atoms. The summed E-state index contributed by atoms with van der Waals surface area (Å²) >= 11 is 0. The van der Waals surface area contributed by atoms with Crippen molar-refractivity contribution in [2.75, 3.05) is 18.4 Å². The number of hydrogen-bond donors (Lipinski definition) is 1. The zero-order valence-electron chi connectivity index (χ0n) is 13.9. The second kappa shape index (κ2) is 6.58. The molecule has 7 heteroatoms. The summed E-state index contributed by atoms with van der Waals surface area (Å²) < 4.78 is 7.60. The summed E-state index contributed by atoms with van der Waals surface area (Å²) in [5.41, 5.74) is 1.99. The molecule has 0 bridgehead atoms. The summed E-state index contributed by atoms with van der Waals surface area (Å²) in [5.74, 6) is 0.894. The first-order valence-electron chi connectivity index (χ1n) is 8.56. The molecule has 130 valence electrons. The van der Waals surface area contributed by atoms with Crippen molar-refractivity contribution in [2.24, 2.45) is 0 Å². The van der Waals surface area contributed by atoms with Gasteiger partial charge < -0.3 is 15.0 Å². The SMILES string of the molecule is O=C1CCc2cc(OC3CCN(C(=O)n4ccnc4)CC3)ccc2N1. The first-order chi connectivity index (χ1) is 12.2. The minimum atomic E-state index is -0.0412. The van der Waals surface area contributed by atoms with Gasteiger partial charge in [0.1, 0.15) is 18.2 Å². The lowest BCUT2D eigenvalue weighted by atomic mass is 10.0. The van der Waals surface area contributed by atoms with Gasteiger partial charge in [-0.05, 0) is 30.2 Å². The molecule has 1 saturated heterocycles. The van der Waals surface area contributed by atoms with Gasteiger partial charge in [-0.2, -0.15) is 0 Å². The zero-order valence-corrected chi connectivity index (χ0v) is 13.9. The molecule has 2 amide bonds. The Kier molecular flexibility index (Phi) is 4.13. The monoisotopic (exact) mass is 340 g/mol. The van der Waals surface area contributed by atoms with Crippen LogP contribution in [0, 0.1) is 0 Å². The maximum Gasteiger partial charge on any atom is 0.329 e. The van der Waals surface area contributed by atoms with Crippen molar-refractivity contribution in [3.05, 3.63) is 42.5 Å². The lowest BCUT2D eigenvalue weighted by Crippen LogP contribution is -2.43. The number of hydrogen-bond acceptors (Lipinski definition) is 4. The van der Waals surface area contributed by atoms with Crippen LogP contribution in [-0.4, -0.2) is 45.6 Å². The summed E-state index contributed by atoms with van der Waals surface area (Å²) in [5, 5.41) is 2.88. The Morgan fingerprint density at radius 2 is 2.08 bits per heavy atom. The van der Waals surface area contributed by atoms with Gasteiger partial charge in [0.25, 0.3) is 0 Å². The Bertz CT molecular complexity index is 780. The van der Waals surface area contributed by atoms with E-state index in [9.17, 15) is 9.59 Å². The van der Waals surface area contributed by atoms with E-state index in [0.717, 1.165) is 36.3 Å². The molecule has 0 spiro atoms. The molecule has 0 radical (unpaired) electrons. The van der Waals surface area contributed by atoms with Gasteiger partial charge >= 0.3 is 6.03 Å². The van der Waals surface area contributed by atoms with Crippen LogP contribution in [0.1, 0.15) is 24.8 Å². The third-order valence-corrected chi connectivity index (χ3v) is 4.71. The summed E-state index contributed by atoms with van der Waals surface area (Å²) in [7, 11) is 0. The maximum atomic E-state index is 12.3. The number of amides is 2. The van der Waals surface area contributed by atoms with Gasteiger partial charge in [0.15, 0.2) is 0 Å². The largest absolute Gasteiger partial charge is 0.490 e. The highest BCUT2D eigenvalue weighted by Gasteiger charge is 2.25. The molecule has 7 nitrogen and oxygen atoms in total. The summed E-state index contributed by atoms with van der Waals surface area (Å²) in [4.78, 5) is 29.4. The van der Waals surface area contributed by atoms with Crippen molar-refractivity contribution < 1.29 is 14.3 Å². The van der Waals surface area contributed by atoms with E-state index in [-0.39, 0.29) is 18.0 Å². The van der Waals surface area contributed by atoms with Crippen LogP contribution in [0.15, 0.2) is 36.9 Å². The number of nitrogens with zero attached hydrogens (tertiary/aromatic N) is 3. The second-order valence-electron chi connectivity index (χ2n) is 6.42. The number of aryl methyl sites for hydroxylation is 1. The van der Waals surface area contributed by atoms with E-state index >= 15 is 0 Å².